The van der Waals surface area contributed by atoms with Crippen LogP contribution in [-0.4, -0.2) is 6.21 Å². The van der Waals surface area contributed by atoms with Gasteiger partial charge in [-0.15, -0.1) is 0 Å². The quantitative estimate of drug-likeness (QED) is 0.454. The molecule has 0 fully saturated rings. The van der Waals surface area contributed by atoms with E-state index in [1.807, 2.05) is 30.3 Å². The minimum absolute atomic E-state index is 0.677. The maximum atomic E-state index is 5.38. The third-order valence-electron chi connectivity index (χ3n) is 1.81. The molecule has 0 atom stereocenters. The molecule has 0 unspecified atom stereocenters. The SMILES string of the molecule is Brc1cc(C=Nc2cccc(I)c2)oc1Br. The Balaban J connectivity index is 2.21. The van der Waals surface area contributed by atoms with E-state index in [2.05, 4.69) is 59.4 Å². The lowest BCUT2D eigenvalue weighted by Crippen LogP contribution is -1.74. The Labute approximate surface area is 124 Å². The topological polar surface area (TPSA) is 25.5 Å². The molecule has 1 aromatic carbocycles. The lowest BCUT2D eigenvalue weighted by Gasteiger charge is -1.92. The Morgan fingerprint density at radius 2 is 2.06 bits per heavy atom. The second-order valence-corrected chi connectivity index (χ2v) is 5.83. The number of hydrogen-bond donors (Lipinski definition) is 0. The molecule has 5 heteroatoms. The molecule has 1 heterocycles. The summed E-state index contributed by atoms with van der Waals surface area (Å²) in [4.78, 5) is 4.33. The fraction of sp³-hybridized carbons (Fsp3) is 0. The van der Waals surface area contributed by atoms with Gasteiger partial charge in [-0.2, -0.15) is 0 Å². The van der Waals surface area contributed by atoms with Gasteiger partial charge in [0, 0.05) is 9.64 Å². The van der Waals surface area contributed by atoms with E-state index in [4.69, 9.17) is 4.42 Å². The Kier molecular flexibility index (Phi) is 4.21. The van der Waals surface area contributed by atoms with E-state index in [1.165, 1.54) is 0 Å². The molecule has 2 nitrogen and oxygen atoms in total. The van der Waals surface area contributed by atoms with E-state index in [9.17, 15) is 0 Å². The van der Waals surface area contributed by atoms with E-state index in [-0.39, 0.29) is 0 Å². The lowest BCUT2D eigenvalue weighted by molar-refractivity contribution is 0.533. The normalized spacial score (nSPS) is 11.2. The monoisotopic (exact) mass is 453 g/mol. The minimum Gasteiger partial charge on any atom is -0.447 e. The maximum absolute atomic E-state index is 5.38. The second kappa shape index (κ2) is 5.46. The Morgan fingerprint density at radius 3 is 2.69 bits per heavy atom. The van der Waals surface area contributed by atoms with Crippen LogP contribution in [0.1, 0.15) is 5.76 Å². The lowest BCUT2D eigenvalue weighted by atomic mass is 10.3. The van der Waals surface area contributed by atoms with Crippen LogP contribution in [0, 0.1) is 3.57 Å². The van der Waals surface area contributed by atoms with Crippen molar-refractivity contribution in [2.45, 2.75) is 0 Å². The molecular weight excluding hydrogens is 449 g/mol. The van der Waals surface area contributed by atoms with Crippen molar-refractivity contribution in [2.75, 3.05) is 0 Å². The van der Waals surface area contributed by atoms with Gasteiger partial charge in [0.15, 0.2) is 4.67 Å². The third-order valence-corrected chi connectivity index (χ3v) is 4.19. The Bertz CT molecular complexity index is 517. The molecule has 2 rings (SSSR count). The molecule has 0 aliphatic rings. The summed E-state index contributed by atoms with van der Waals surface area (Å²) in [6.45, 7) is 0. The highest BCUT2D eigenvalue weighted by Gasteiger charge is 2.03. The van der Waals surface area contributed by atoms with Crippen molar-refractivity contribution in [3.05, 3.63) is 48.8 Å². The first-order valence-electron chi connectivity index (χ1n) is 4.39. The van der Waals surface area contributed by atoms with Gasteiger partial charge in [-0.25, -0.2) is 0 Å². The van der Waals surface area contributed by atoms with Gasteiger partial charge in [0.25, 0.3) is 0 Å². The van der Waals surface area contributed by atoms with Gasteiger partial charge in [0.2, 0.25) is 0 Å². The first kappa shape index (κ1) is 12.3. The van der Waals surface area contributed by atoms with Crippen LogP contribution < -0.4 is 0 Å². The molecule has 0 amide bonds. The molecule has 0 N–H and O–H groups in total. The van der Waals surface area contributed by atoms with Gasteiger partial charge in [-0.1, -0.05) is 6.07 Å². The average molecular weight is 455 g/mol. The van der Waals surface area contributed by atoms with Crippen LogP contribution in [-0.2, 0) is 0 Å². The molecule has 0 saturated carbocycles. The van der Waals surface area contributed by atoms with Crippen LogP contribution in [0.3, 0.4) is 0 Å². The average Bonchev–Trinajstić information content (AvgIpc) is 2.56. The van der Waals surface area contributed by atoms with Crippen LogP contribution in [0.15, 0.2) is 48.9 Å². The molecule has 82 valence electrons. The predicted molar refractivity (Wildman–Crippen MR) is 80.5 cm³/mol. The number of aliphatic imine (C=N–C) groups is 1. The van der Waals surface area contributed by atoms with Crippen LogP contribution in [0.5, 0.6) is 0 Å². The van der Waals surface area contributed by atoms with Crippen LogP contribution in [0.4, 0.5) is 5.69 Å². The van der Waals surface area contributed by atoms with E-state index in [0.717, 1.165) is 13.7 Å². The van der Waals surface area contributed by atoms with Gasteiger partial charge in [-0.05, 0) is 72.6 Å². The Morgan fingerprint density at radius 1 is 1.25 bits per heavy atom. The van der Waals surface area contributed by atoms with E-state index in [0.29, 0.717) is 10.4 Å². The molecular formula is C11H6Br2INO. The van der Waals surface area contributed by atoms with Gasteiger partial charge in [-0.3, -0.25) is 4.99 Å². The van der Waals surface area contributed by atoms with Crippen LogP contribution >= 0.6 is 54.5 Å². The summed E-state index contributed by atoms with van der Waals surface area (Å²) in [6.07, 6.45) is 1.70. The molecule has 16 heavy (non-hydrogen) atoms. The molecule has 0 bridgehead atoms. The van der Waals surface area contributed by atoms with Crippen molar-refractivity contribution < 1.29 is 4.42 Å². The van der Waals surface area contributed by atoms with E-state index >= 15 is 0 Å². The summed E-state index contributed by atoms with van der Waals surface area (Å²) in [5.41, 5.74) is 0.913. The zero-order valence-electron chi connectivity index (χ0n) is 7.95. The number of furan rings is 1. The second-order valence-electron chi connectivity index (χ2n) is 3.01. The highest BCUT2D eigenvalue weighted by Crippen LogP contribution is 2.26. The van der Waals surface area contributed by atoms with E-state index in [1.54, 1.807) is 6.21 Å². The summed E-state index contributed by atoms with van der Waals surface area (Å²) in [5, 5.41) is 0. The zero-order valence-corrected chi connectivity index (χ0v) is 13.3. The largest absolute Gasteiger partial charge is 0.447 e. The highest BCUT2D eigenvalue weighted by atomic mass is 127. The smallest absolute Gasteiger partial charge is 0.184 e. The number of nitrogens with zero attached hydrogens (tertiary/aromatic N) is 1. The van der Waals surface area contributed by atoms with Gasteiger partial charge in [0.1, 0.15) is 5.76 Å². The van der Waals surface area contributed by atoms with Crippen molar-refractivity contribution in [1.82, 2.24) is 0 Å². The molecule has 0 spiro atoms. The minimum atomic E-state index is 0.677. The Hall–Kier alpha value is -0.140. The zero-order chi connectivity index (χ0) is 11.5. The van der Waals surface area contributed by atoms with Crippen molar-refractivity contribution in [1.29, 1.82) is 0 Å². The standard InChI is InChI=1S/C11H6Br2INO/c12-10-5-9(16-11(10)13)6-15-8-3-1-2-7(14)4-8/h1-6H. The summed E-state index contributed by atoms with van der Waals surface area (Å²) >= 11 is 8.88. The maximum Gasteiger partial charge on any atom is 0.184 e. The fourth-order valence-electron chi connectivity index (χ4n) is 1.12. The van der Waals surface area contributed by atoms with E-state index < -0.39 is 0 Å². The summed E-state index contributed by atoms with van der Waals surface area (Å²) in [5.74, 6) is 0.706. The molecule has 0 aliphatic heterocycles. The van der Waals surface area contributed by atoms with Crippen molar-refractivity contribution in [2.24, 2.45) is 4.99 Å². The molecule has 0 saturated heterocycles. The summed E-state index contributed by atoms with van der Waals surface area (Å²) < 4.78 is 8.11. The van der Waals surface area contributed by atoms with Crippen LogP contribution in [0.2, 0.25) is 0 Å². The highest BCUT2D eigenvalue weighted by molar-refractivity contribution is 14.1. The number of rotatable bonds is 2. The molecule has 0 radical (unpaired) electrons. The van der Waals surface area contributed by atoms with Gasteiger partial charge < -0.3 is 4.42 Å². The summed E-state index contributed by atoms with van der Waals surface area (Å²) in [7, 11) is 0. The first-order chi connectivity index (χ1) is 7.65. The number of hydrogen-bond acceptors (Lipinski definition) is 2. The van der Waals surface area contributed by atoms with Gasteiger partial charge >= 0.3 is 0 Å². The number of halogens is 3. The van der Waals surface area contributed by atoms with Crippen LogP contribution in [0.25, 0.3) is 0 Å². The van der Waals surface area contributed by atoms with Crippen molar-refractivity contribution in [3.8, 4) is 0 Å². The van der Waals surface area contributed by atoms with Gasteiger partial charge in [0.05, 0.1) is 16.4 Å². The van der Waals surface area contributed by atoms with Crippen molar-refractivity contribution in [3.63, 3.8) is 0 Å². The number of benzene rings is 1. The predicted octanol–water partition coefficient (Wildman–Crippen LogP) is 5.16. The fourth-order valence-corrected chi connectivity index (χ4v) is 2.26. The molecule has 0 aliphatic carbocycles. The first-order valence-corrected chi connectivity index (χ1v) is 7.06. The molecule has 2 aromatic rings. The summed E-state index contributed by atoms with van der Waals surface area (Å²) in [6, 6.07) is 9.82. The van der Waals surface area contributed by atoms with Crippen molar-refractivity contribution >= 4 is 66.4 Å². The molecule has 1 aromatic heterocycles. The third kappa shape index (κ3) is 3.18.